The molecule has 0 bridgehead atoms. The van der Waals surface area contributed by atoms with Crippen molar-refractivity contribution in [2.24, 2.45) is 0 Å². The van der Waals surface area contributed by atoms with Crippen molar-refractivity contribution in [3.8, 4) is 89.0 Å². The molecular weight excluding hydrogens is 1510 g/mol. The van der Waals surface area contributed by atoms with Crippen molar-refractivity contribution < 1.29 is 0 Å². The molecule has 0 aliphatic heterocycles. The molecule has 636 valence electrons. The maximum atomic E-state index is 2.46. The molecule has 18 aromatic rings. The Morgan fingerprint density at radius 1 is 0.119 bits per heavy atom. The first kappa shape index (κ1) is 92.4. The van der Waals surface area contributed by atoms with Gasteiger partial charge in [0.1, 0.15) is 0 Å². The van der Waals surface area contributed by atoms with Crippen molar-refractivity contribution in [3.05, 3.63) is 429 Å². The molecule has 0 heterocycles. The molecule has 126 heavy (non-hydrogen) atoms. The third kappa shape index (κ3) is 18.2. The summed E-state index contributed by atoms with van der Waals surface area (Å²) in [5.41, 5.74) is 46.6. The molecule has 0 fully saturated rings. The maximum absolute atomic E-state index is 2.46. The summed E-state index contributed by atoms with van der Waals surface area (Å²) in [5, 5.41) is 13.6. The highest BCUT2D eigenvalue weighted by Crippen LogP contribution is 2.51. The molecule has 0 N–H and O–H groups in total. The zero-order valence-corrected chi connectivity index (χ0v) is 79.0. The summed E-state index contributed by atoms with van der Waals surface area (Å²) < 4.78 is 0. The fourth-order valence-electron chi connectivity index (χ4n) is 19.4. The van der Waals surface area contributed by atoms with Gasteiger partial charge < -0.3 is 0 Å². The van der Waals surface area contributed by atoms with E-state index in [-0.39, 0.29) is 0 Å². The van der Waals surface area contributed by atoms with Crippen LogP contribution in [0.25, 0.3) is 143 Å². The Balaban J connectivity index is 0.000000137. The molecule has 0 atom stereocenters. The number of rotatable bonds is 0. The van der Waals surface area contributed by atoms with Gasteiger partial charge in [-0.15, -0.1) is 0 Å². The van der Waals surface area contributed by atoms with E-state index in [4.69, 9.17) is 0 Å². The summed E-state index contributed by atoms with van der Waals surface area (Å²) in [5.74, 6) is 0. The second-order valence-corrected chi connectivity index (χ2v) is 30.4. The monoisotopic (exact) mass is 1650 g/mol. The largest absolute Gasteiger partial charge is 0.0683 e. The van der Waals surface area contributed by atoms with Crippen LogP contribution in [0.5, 0.6) is 0 Å². The van der Waals surface area contributed by atoms with E-state index < -0.39 is 0 Å². The Morgan fingerprint density at radius 2 is 0.325 bits per heavy atom. The molecular formula is C126H132. The van der Waals surface area contributed by atoms with Gasteiger partial charge in [-0.05, 0) is 332 Å². The second-order valence-electron chi connectivity index (χ2n) is 30.4. The van der Waals surface area contributed by atoms with Crippen LogP contribution in [-0.2, 0) is 51.4 Å². The summed E-state index contributed by atoms with van der Waals surface area (Å²) in [7, 11) is 0. The number of fused-ring (bicyclic) bond motifs is 32. The molecule has 0 heteroatoms. The summed E-state index contributed by atoms with van der Waals surface area (Å²) in [4.78, 5) is 0. The quantitative estimate of drug-likeness (QED) is 0.142. The minimum absolute atomic E-state index is 1.06. The van der Waals surface area contributed by atoms with Crippen molar-refractivity contribution in [1.82, 2.24) is 0 Å². The number of hydrogen-bond acceptors (Lipinski definition) is 0. The van der Waals surface area contributed by atoms with Gasteiger partial charge in [-0.1, -0.05) is 430 Å². The minimum atomic E-state index is 1.06. The highest BCUT2D eigenvalue weighted by Gasteiger charge is 2.30. The Hall–Kier alpha value is -12.7. The fraction of sp³-hybridized carbons (Fsp3) is 0.222. The summed E-state index contributed by atoms with van der Waals surface area (Å²) in [6, 6.07) is 125. The molecule has 0 unspecified atom stereocenters. The van der Waals surface area contributed by atoms with E-state index in [1.54, 1.807) is 0 Å². The van der Waals surface area contributed by atoms with Crippen molar-refractivity contribution in [2.45, 2.75) is 190 Å². The van der Waals surface area contributed by atoms with Crippen LogP contribution in [0.1, 0.15) is 227 Å². The first-order valence-electron chi connectivity index (χ1n) is 47.9. The summed E-state index contributed by atoms with van der Waals surface area (Å²) >= 11 is 0. The van der Waals surface area contributed by atoms with Gasteiger partial charge in [0, 0.05) is 0 Å². The molecule has 0 spiro atoms. The zero-order chi connectivity index (χ0) is 89.5. The Bertz CT molecular complexity index is 6720. The van der Waals surface area contributed by atoms with E-state index in [1.807, 2.05) is 138 Å². The van der Waals surface area contributed by atoms with Crippen molar-refractivity contribution in [3.63, 3.8) is 0 Å². The van der Waals surface area contributed by atoms with E-state index in [1.165, 1.54) is 232 Å². The molecule has 8 aliphatic carbocycles. The van der Waals surface area contributed by atoms with Gasteiger partial charge in [-0.3, -0.25) is 0 Å². The molecule has 0 aromatic heterocycles. The van der Waals surface area contributed by atoms with Crippen molar-refractivity contribution in [2.75, 3.05) is 0 Å². The van der Waals surface area contributed by atoms with Crippen LogP contribution in [0.3, 0.4) is 0 Å². The first-order chi connectivity index (χ1) is 62.5. The molecule has 8 aliphatic rings. The Labute approximate surface area is 756 Å². The average molecular weight is 1650 g/mol. The van der Waals surface area contributed by atoms with Crippen LogP contribution in [0.2, 0.25) is 0 Å². The van der Waals surface area contributed by atoms with Crippen LogP contribution in [0, 0.1) is 0 Å². The van der Waals surface area contributed by atoms with Gasteiger partial charge in [-0.25, -0.2) is 0 Å². The lowest BCUT2D eigenvalue weighted by molar-refractivity contribution is 1.24. The fourth-order valence-corrected chi connectivity index (χ4v) is 19.4. The van der Waals surface area contributed by atoms with Crippen LogP contribution < -0.4 is 0 Å². The van der Waals surface area contributed by atoms with Gasteiger partial charge in [-0.2, -0.15) is 0 Å². The SMILES string of the molecule is CC.CC.CC.CC.CC.CC.CC.CC.CC.CC.c1ccc2c(c1)Cc1c-2ccc2ccccc12.c1ccc2c(c1)Cc1cc3c(cc1-2)Cc1c-3ccc2ccccc12.c1ccc2c(c1)Cc1cc3c(cc1-2)Cc1cc2ccccc2cc1-3.c1ccc2c(c1)Cc1cc3c(cc1-2)Cc1ccc2ccccc2c1-3.c1ccc2c(c1)Cc1cc3ccccc3cc1-2. The van der Waals surface area contributed by atoms with Crippen molar-refractivity contribution >= 4 is 53.9 Å². The molecule has 0 amide bonds. The van der Waals surface area contributed by atoms with Crippen LogP contribution in [-0.4, -0.2) is 0 Å². The highest BCUT2D eigenvalue weighted by molar-refractivity contribution is 6.03. The molecule has 0 saturated carbocycles. The third-order valence-electron chi connectivity index (χ3n) is 24.4. The average Bonchev–Trinajstić information content (AvgIpc) is 1.59. The van der Waals surface area contributed by atoms with Gasteiger partial charge in [0.25, 0.3) is 0 Å². The lowest BCUT2D eigenvalue weighted by atomic mass is 9.95. The zero-order valence-electron chi connectivity index (χ0n) is 79.0. The lowest BCUT2D eigenvalue weighted by Gasteiger charge is -2.09. The van der Waals surface area contributed by atoms with Gasteiger partial charge in [0.2, 0.25) is 0 Å². The standard InChI is InChI=1S/3C24H16.2C17H12.10C2H6/c1-4-8-21-15(5-1)9-10-17-12-19-13-22-18(14-23(19)24(17)21)11-16-6-2-3-7-20(16)22;1-3-7-19-15(5-1)9-10-21-23-12-17-11-16-6-2-4-8-20(16)22(17)13-18(23)14-24(19)21;1-2-6-16-12-23-18(9-15(16)5-1)11-20-13-22-19(14-24(20)23)10-17-7-3-4-8-21(17)22;1-3-7-14-12(5-1)9-10-16-15-8-4-2-6-13(15)11-17(14)16;1-2-6-13-11-17-15(9-12(13)5-1)10-14-7-3-4-8-16(14)17;10*1-2/h1-10,13-14H,11-12H2;1-10,12-13H,11,14H2;1-9,12-14H,10-11H2;1-10H,11H2;1-9,11H,10H2;10*1-2H3. The topological polar surface area (TPSA) is 0 Å². The molecule has 0 radical (unpaired) electrons. The third-order valence-corrected chi connectivity index (χ3v) is 24.4. The summed E-state index contributed by atoms with van der Waals surface area (Å²) in [6.45, 7) is 40.0. The van der Waals surface area contributed by atoms with E-state index in [0.717, 1.165) is 51.4 Å². The van der Waals surface area contributed by atoms with Crippen LogP contribution >= 0.6 is 0 Å². The highest BCUT2D eigenvalue weighted by atomic mass is 14.3. The maximum Gasteiger partial charge on any atom is -0.000706 e. The lowest BCUT2D eigenvalue weighted by Crippen LogP contribution is -1.86. The number of hydrogen-bond donors (Lipinski definition) is 0. The Kier molecular flexibility index (Phi) is 32.4. The molecule has 0 nitrogen and oxygen atoms in total. The van der Waals surface area contributed by atoms with E-state index in [2.05, 4.69) is 340 Å². The van der Waals surface area contributed by atoms with Crippen LogP contribution in [0.4, 0.5) is 0 Å². The van der Waals surface area contributed by atoms with E-state index in [0.29, 0.717) is 0 Å². The minimum Gasteiger partial charge on any atom is -0.0683 e. The smallest absolute Gasteiger partial charge is 0.000706 e. The molecule has 26 rings (SSSR count). The van der Waals surface area contributed by atoms with Gasteiger partial charge in [0.15, 0.2) is 0 Å². The number of benzene rings is 18. The van der Waals surface area contributed by atoms with E-state index in [9.17, 15) is 0 Å². The van der Waals surface area contributed by atoms with Gasteiger partial charge in [0.05, 0.1) is 0 Å². The first-order valence-corrected chi connectivity index (χ1v) is 47.9. The van der Waals surface area contributed by atoms with Gasteiger partial charge >= 0.3 is 0 Å². The summed E-state index contributed by atoms with van der Waals surface area (Å²) in [6.07, 6.45) is 8.54. The Morgan fingerprint density at radius 3 is 0.706 bits per heavy atom. The predicted octanol–water partition coefficient (Wildman–Crippen LogP) is 37.0. The van der Waals surface area contributed by atoms with Crippen LogP contribution in [0.15, 0.2) is 340 Å². The second kappa shape index (κ2) is 44.2. The molecule has 0 saturated heterocycles. The predicted molar refractivity (Wildman–Crippen MR) is 559 cm³/mol. The normalized spacial score (nSPS) is 11.6. The molecule has 18 aromatic carbocycles. The van der Waals surface area contributed by atoms with E-state index >= 15 is 0 Å². The van der Waals surface area contributed by atoms with Crippen molar-refractivity contribution in [1.29, 1.82) is 0 Å².